The molecular weight excluding hydrogens is 168 g/mol. The van der Waals surface area contributed by atoms with Crippen molar-refractivity contribution in [2.45, 2.75) is 44.2 Å². The molecule has 78 valence electrons. The molecule has 1 rings (SSSR count). The fraction of sp³-hybridized carbons (Fsp3) is 1.00. The van der Waals surface area contributed by atoms with Crippen molar-refractivity contribution in [3.63, 3.8) is 0 Å². The highest BCUT2D eigenvalue weighted by atomic mass is 16.7. The minimum Gasteiger partial charge on any atom is -0.354 e. The molecule has 1 fully saturated rings. The summed E-state index contributed by atoms with van der Waals surface area (Å²) in [6.07, 6.45) is 1.95. The first-order chi connectivity index (χ1) is 6.19. The van der Waals surface area contributed by atoms with Crippen LogP contribution in [0, 0.1) is 0 Å². The summed E-state index contributed by atoms with van der Waals surface area (Å²) in [5.74, 6) is 0. The molecule has 2 unspecified atom stereocenters. The summed E-state index contributed by atoms with van der Waals surface area (Å²) in [6, 6.07) is 0.371. The van der Waals surface area contributed by atoms with Crippen molar-refractivity contribution in [2.24, 2.45) is 5.73 Å². The van der Waals surface area contributed by atoms with Crippen molar-refractivity contribution < 1.29 is 9.47 Å². The van der Waals surface area contributed by atoms with Gasteiger partial charge in [0.25, 0.3) is 0 Å². The SMILES string of the molecule is CNC(C)C1CC[C@@H](N)[C@@H](OC)O1. The summed E-state index contributed by atoms with van der Waals surface area (Å²) in [4.78, 5) is 0. The summed E-state index contributed by atoms with van der Waals surface area (Å²) in [6.45, 7) is 2.11. The lowest BCUT2D eigenvalue weighted by molar-refractivity contribution is -0.194. The first-order valence-corrected chi connectivity index (χ1v) is 4.80. The third kappa shape index (κ3) is 2.64. The zero-order valence-corrected chi connectivity index (χ0v) is 8.62. The first-order valence-electron chi connectivity index (χ1n) is 4.80. The van der Waals surface area contributed by atoms with Crippen molar-refractivity contribution in [1.82, 2.24) is 5.32 Å². The second-order valence-corrected chi connectivity index (χ2v) is 3.60. The Hall–Kier alpha value is -0.160. The van der Waals surface area contributed by atoms with Crippen LogP contribution in [-0.4, -0.2) is 38.6 Å². The molecule has 1 saturated heterocycles. The summed E-state index contributed by atoms with van der Waals surface area (Å²) in [7, 11) is 3.57. The van der Waals surface area contributed by atoms with E-state index in [9.17, 15) is 0 Å². The predicted octanol–water partition coefficient (Wildman–Crippen LogP) is 0.0731. The zero-order chi connectivity index (χ0) is 9.84. The molecule has 4 atom stereocenters. The van der Waals surface area contributed by atoms with Crippen molar-refractivity contribution >= 4 is 0 Å². The molecule has 0 bridgehead atoms. The van der Waals surface area contributed by atoms with Crippen LogP contribution >= 0.6 is 0 Å². The number of rotatable bonds is 3. The van der Waals surface area contributed by atoms with E-state index in [0.717, 1.165) is 12.8 Å². The maximum Gasteiger partial charge on any atom is 0.172 e. The Morgan fingerprint density at radius 3 is 2.77 bits per heavy atom. The van der Waals surface area contributed by atoms with Crippen LogP contribution in [0.15, 0.2) is 0 Å². The first kappa shape index (κ1) is 10.9. The monoisotopic (exact) mass is 188 g/mol. The van der Waals surface area contributed by atoms with E-state index in [0.29, 0.717) is 6.04 Å². The average Bonchev–Trinajstić information content (AvgIpc) is 2.17. The molecule has 1 aliphatic rings. The maximum atomic E-state index is 5.82. The van der Waals surface area contributed by atoms with Gasteiger partial charge in [-0.25, -0.2) is 0 Å². The minimum absolute atomic E-state index is 0.0188. The summed E-state index contributed by atoms with van der Waals surface area (Å²) in [5, 5.41) is 3.17. The Kier molecular flexibility index (Phi) is 4.12. The van der Waals surface area contributed by atoms with Gasteiger partial charge in [-0.2, -0.15) is 0 Å². The Morgan fingerprint density at radius 1 is 1.54 bits per heavy atom. The average molecular weight is 188 g/mol. The van der Waals surface area contributed by atoms with Crippen molar-refractivity contribution in [3.05, 3.63) is 0 Å². The van der Waals surface area contributed by atoms with Crippen LogP contribution in [0.3, 0.4) is 0 Å². The van der Waals surface area contributed by atoms with Crippen molar-refractivity contribution in [1.29, 1.82) is 0 Å². The van der Waals surface area contributed by atoms with Gasteiger partial charge in [-0.3, -0.25) is 0 Å². The molecule has 0 aromatic carbocycles. The molecule has 0 aromatic rings. The molecule has 1 heterocycles. The van der Waals surface area contributed by atoms with Crippen LogP contribution in [0.25, 0.3) is 0 Å². The van der Waals surface area contributed by atoms with Gasteiger partial charge in [-0.15, -0.1) is 0 Å². The smallest absolute Gasteiger partial charge is 0.172 e. The second-order valence-electron chi connectivity index (χ2n) is 3.60. The highest BCUT2D eigenvalue weighted by molar-refractivity contribution is 4.81. The molecule has 0 aliphatic carbocycles. The highest BCUT2D eigenvalue weighted by Gasteiger charge is 2.30. The third-order valence-corrected chi connectivity index (χ3v) is 2.69. The molecule has 1 aliphatic heterocycles. The number of methoxy groups -OCH3 is 1. The van der Waals surface area contributed by atoms with Crippen LogP contribution < -0.4 is 11.1 Å². The lowest BCUT2D eigenvalue weighted by Gasteiger charge is -2.36. The van der Waals surface area contributed by atoms with Crippen molar-refractivity contribution in [3.8, 4) is 0 Å². The van der Waals surface area contributed by atoms with Gasteiger partial charge in [0.15, 0.2) is 6.29 Å². The molecule has 0 radical (unpaired) electrons. The van der Waals surface area contributed by atoms with E-state index in [1.165, 1.54) is 0 Å². The van der Waals surface area contributed by atoms with Crippen LogP contribution in [0.2, 0.25) is 0 Å². The van der Waals surface area contributed by atoms with Gasteiger partial charge in [0.2, 0.25) is 0 Å². The quantitative estimate of drug-likeness (QED) is 0.658. The van der Waals surface area contributed by atoms with Crippen LogP contribution in [-0.2, 0) is 9.47 Å². The Morgan fingerprint density at radius 2 is 2.23 bits per heavy atom. The van der Waals surface area contributed by atoms with Gasteiger partial charge in [0, 0.05) is 13.2 Å². The normalized spacial score (nSPS) is 37.4. The second kappa shape index (κ2) is 4.91. The van der Waals surface area contributed by atoms with Gasteiger partial charge in [0.05, 0.1) is 12.1 Å². The van der Waals surface area contributed by atoms with Gasteiger partial charge >= 0.3 is 0 Å². The number of likely N-dealkylation sites (N-methyl/N-ethyl adjacent to an activating group) is 1. The predicted molar refractivity (Wildman–Crippen MR) is 51.4 cm³/mol. The molecule has 4 nitrogen and oxygen atoms in total. The van der Waals surface area contributed by atoms with Crippen LogP contribution in [0.4, 0.5) is 0 Å². The fourth-order valence-corrected chi connectivity index (χ4v) is 1.62. The fourth-order valence-electron chi connectivity index (χ4n) is 1.62. The number of nitrogens with one attached hydrogen (secondary N) is 1. The Labute approximate surface area is 79.8 Å². The van der Waals surface area contributed by atoms with Crippen molar-refractivity contribution in [2.75, 3.05) is 14.2 Å². The summed E-state index contributed by atoms with van der Waals surface area (Å²) < 4.78 is 10.8. The van der Waals surface area contributed by atoms with Gasteiger partial charge in [-0.1, -0.05) is 0 Å². The number of ether oxygens (including phenoxy) is 2. The molecule has 0 aromatic heterocycles. The molecule has 3 N–H and O–H groups in total. The van der Waals surface area contributed by atoms with E-state index in [2.05, 4.69) is 12.2 Å². The van der Waals surface area contributed by atoms with E-state index < -0.39 is 0 Å². The van der Waals surface area contributed by atoms with E-state index in [4.69, 9.17) is 15.2 Å². The van der Waals surface area contributed by atoms with Gasteiger partial charge in [-0.05, 0) is 26.8 Å². The lowest BCUT2D eigenvalue weighted by Crippen LogP contribution is -2.50. The molecular formula is C9H20N2O2. The topological polar surface area (TPSA) is 56.5 Å². The van der Waals surface area contributed by atoms with Gasteiger partial charge < -0.3 is 20.5 Å². The largest absolute Gasteiger partial charge is 0.354 e. The van der Waals surface area contributed by atoms with E-state index in [1.54, 1.807) is 7.11 Å². The number of nitrogens with two attached hydrogens (primary N) is 1. The highest BCUT2D eigenvalue weighted by Crippen LogP contribution is 2.20. The van der Waals surface area contributed by atoms with Crippen LogP contribution in [0.5, 0.6) is 0 Å². The third-order valence-electron chi connectivity index (χ3n) is 2.69. The van der Waals surface area contributed by atoms with Crippen LogP contribution in [0.1, 0.15) is 19.8 Å². The van der Waals surface area contributed by atoms with E-state index in [1.807, 2.05) is 7.05 Å². The lowest BCUT2D eigenvalue weighted by atomic mass is 10.00. The van der Waals surface area contributed by atoms with Gasteiger partial charge in [0.1, 0.15) is 0 Å². The Bertz CT molecular complexity index is 155. The number of hydrogen-bond acceptors (Lipinski definition) is 4. The zero-order valence-electron chi connectivity index (χ0n) is 8.62. The minimum atomic E-state index is -0.241. The van der Waals surface area contributed by atoms with E-state index in [-0.39, 0.29) is 18.4 Å². The molecule has 13 heavy (non-hydrogen) atoms. The molecule has 0 spiro atoms. The summed E-state index contributed by atoms with van der Waals surface area (Å²) in [5.41, 5.74) is 5.82. The standard InChI is InChI=1S/C9H20N2O2/c1-6(11-2)8-5-4-7(10)9(12-3)13-8/h6-9,11H,4-5,10H2,1-3H3/t6?,7-,8?,9+/m1/s1. The maximum absolute atomic E-state index is 5.82. The molecule has 4 heteroatoms. The Balaban J connectivity index is 2.44. The van der Waals surface area contributed by atoms with E-state index >= 15 is 0 Å². The summed E-state index contributed by atoms with van der Waals surface area (Å²) >= 11 is 0. The molecule has 0 amide bonds. The molecule has 0 saturated carbocycles. The number of hydrogen-bond donors (Lipinski definition) is 2.